The predicted molar refractivity (Wildman–Crippen MR) is 73.8 cm³/mol. The first-order valence-corrected chi connectivity index (χ1v) is 9.29. The van der Waals surface area contributed by atoms with Gasteiger partial charge in [0.05, 0.1) is 12.1 Å². The third-order valence-corrected chi connectivity index (χ3v) is 8.13. The van der Waals surface area contributed by atoms with Crippen LogP contribution in [0.4, 0.5) is 8.78 Å². The summed E-state index contributed by atoms with van der Waals surface area (Å²) in [6.45, 7) is 9.49. The molecule has 20 heavy (non-hydrogen) atoms. The maximum absolute atomic E-state index is 12.4. The molecule has 1 heterocycles. The summed E-state index contributed by atoms with van der Waals surface area (Å²) in [5.41, 5.74) is 5.02. The van der Waals surface area contributed by atoms with Crippen molar-refractivity contribution in [3.05, 3.63) is 5.82 Å². The average molecular weight is 307 g/mol. The first-order chi connectivity index (χ1) is 8.87. The molecule has 1 atom stereocenters. The number of aromatic nitrogens is 4. The molecule has 6 nitrogen and oxygen atoms in total. The molecule has 0 fully saturated rings. The van der Waals surface area contributed by atoms with Crippen LogP contribution in [0.5, 0.6) is 0 Å². The molecule has 0 spiro atoms. The Kier molecular flexibility index (Phi) is 4.67. The zero-order valence-corrected chi connectivity index (χ0v) is 13.8. The number of tetrazole rings is 1. The lowest BCUT2D eigenvalue weighted by Gasteiger charge is -2.38. The summed E-state index contributed by atoms with van der Waals surface area (Å²) in [4.78, 5) is 0.243. The topological polar surface area (TPSA) is 78.9 Å². The average Bonchev–Trinajstić information content (AvgIpc) is 2.75. The van der Waals surface area contributed by atoms with Crippen LogP contribution < -0.4 is 5.73 Å². The molecular weight excluding hydrogens is 284 g/mol. The van der Waals surface area contributed by atoms with E-state index in [-0.39, 0.29) is 22.3 Å². The van der Waals surface area contributed by atoms with E-state index < -0.39 is 20.4 Å². The molecule has 0 radical (unpaired) electrons. The summed E-state index contributed by atoms with van der Waals surface area (Å²) in [6, 6.07) is 0. The fourth-order valence-corrected chi connectivity index (χ4v) is 2.24. The summed E-state index contributed by atoms with van der Waals surface area (Å²) in [7, 11) is -1.97. The second kappa shape index (κ2) is 5.45. The number of nitrogens with two attached hydrogens (primary N) is 1. The molecular formula is C11H23F2N5OSi. The van der Waals surface area contributed by atoms with Crippen molar-refractivity contribution in [2.24, 2.45) is 5.73 Å². The molecule has 1 rings (SSSR count). The molecule has 0 aliphatic heterocycles. The second-order valence-electron chi connectivity index (χ2n) is 6.68. The van der Waals surface area contributed by atoms with E-state index in [0.29, 0.717) is 0 Å². The van der Waals surface area contributed by atoms with E-state index in [4.69, 9.17) is 10.2 Å². The normalized spacial score (nSPS) is 16.5. The summed E-state index contributed by atoms with van der Waals surface area (Å²) in [5, 5.41) is 10.5. The van der Waals surface area contributed by atoms with E-state index in [1.165, 1.54) is 0 Å². The molecule has 0 bridgehead atoms. The third kappa shape index (κ3) is 3.80. The molecule has 0 saturated heterocycles. The van der Waals surface area contributed by atoms with Gasteiger partial charge in [0, 0.05) is 0 Å². The van der Waals surface area contributed by atoms with Gasteiger partial charge in [0.15, 0.2) is 14.1 Å². The van der Waals surface area contributed by atoms with Crippen molar-refractivity contribution in [3.8, 4) is 0 Å². The molecule has 2 N–H and O–H groups in total. The van der Waals surface area contributed by atoms with Crippen molar-refractivity contribution >= 4 is 8.32 Å². The lowest BCUT2D eigenvalue weighted by molar-refractivity contribution is 0.0389. The Labute approximate surface area is 118 Å². The van der Waals surface area contributed by atoms with Gasteiger partial charge in [-0.05, 0) is 30.3 Å². The summed E-state index contributed by atoms with van der Waals surface area (Å²) in [5.74, 6) is 0.0523. The van der Waals surface area contributed by atoms with Crippen LogP contribution in [0.2, 0.25) is 18.1 Å². The molecule has 0 amide bonds. The highest BCUT2D eigenvalue weighted by molar-refractivity contribution is 6.74. The van der Waals surface area contributed by atoms with Crippen molar-refractivity contribution < 1.29 is 13.2 Å². The molecule has 1 aromatic rings. The van der Waals surface area contributed by atoms with Gasteiger partial charge in [0.2, 0.25) is 0 Å². The van der Waals surface area contributed by atoms with Gasteiger partial charge in [-0.25, -0.2) is 0 Å². The molecule has 1 aromatic heterocycles. The maximum atomic E-state index is 12.4. The van der Waals surface area contributed by atoms with E-state index in [2.05, 4.69) is 49.3 Å². The van der Waals surface area contributed by atoms with Crippen molar-refractivity contribution in [1.82, 2.24) is 20.2 Å². The lowest BCUT2D eigenvalue weighted by atomic mass is 10.1. The fourth-order valence-electron chi connectivity index (χ4n) is 1.15. The first kappa shape index (κ1) is 17.1. The second-order valence-corrected chi connectivity index (χ2v) is 11.5. The molecule has 116 valence electrons. The highest BCUT2D eigenvalue weighted by atomic mass is 28.4. The van der Waals surface area contributed by atoms with Crippen molar-refractivity contribution in [3.63, 3.8) is 0 Å². The number of hydrogen-bond donors (Lipinski definition) is 1. The van der Waals surface area contributed by atoms with Gasteiger partial charge in [-0.15, -0.1) is 10.2 Å². The summed E-state index contributed by atoms with van der Waals surface area (Å²) < 4.78 is 30.9. The van der Waals surface area contributed by atoms with Crippen molar-refractivity contribution in [2.45, 2.75) is 57.9 Å². The zero-order chi connectivity index (χ0) is 15.8. The lowest BCUT2D eigenvalue weighted by Crippen LogP contribution is -2.48. The highest BCUT2D eigenvalue weighted by Gasteiger charge is 2.39. The van der Waals surface area contributed by atoms with Gasteiger partial charge >= 0.3 is 6.55 Å². The number of halogens is 2. The molecule has 0 aliphatic rings. The van der Waals surface area contributed by atoms with Gasteiger partial charge in [-0.2, -0.15) is 8.78 Å². The van der Waals surface area contributed by atoms with Crippen LogP contribution in [0.3, 0.4) is 0 Å². The van der Waals surface area contributed by atoms with Crippen LogP contribution in [0.1, 0.15) is 40.1 Å². The predicted octanol–water partition coefficient (Wildman–Crippen LogP) is 2.26. The van der Waals surface area contributed by atoms with Crippen LogP contribution in [0, 0.1) is 0 Å². The third-order valence-electron chi connectivity index (χ3n) is 3.65. The largest absolute Gasteiger partial charge is 0.414 e. The maximum Gasteiger partial charge on any atom is 0.350 e. The molecule has 0 aliphatic carbocycles. The summed E-state index contributed by atoms with van der Waals surface area (Å²) >= 11 is 0. The SMILES string of the molecule is CC(C)(C)[Si](C)(C)OC[C@](C)(N)c1nnn(C(F)F)n1. The van der Waals surface area contributed by atoms with E-state index in [9.17, 15) is 8.78 Å². The number of hydrogen-bond acceptors (Lipinski definition) is 5. The van der Waals surface area contributed by atoms with E-state index in [1.54, 1.807) is 6.92 Å². The Morgan fingerprint density at radius 1 is 1.30 bits per heavy atom. The quantitative estimate of drug-likeness (QED) is 0.844. The zero-order valence-electron chi connectivity index (χ0n) is 12.8. The van der Waals surface area contributed by atoms with Gasteiger partial charge in [0.25, 0.3) is 0 Å². The van der Waals surface area contributed by atoms with Crippen LogP contribution in [0.25, 0.3) is 0 Å². The Hall–Kier alpha value is -0.933. The van der Waals surface area contributed by atoms with Gasteiger partial charge in [0.1, 0.15) is 0 Å². The minimum absolute atomic E-state index is 0.0388. The molecule has 0 aromatic carbocycles. The standard InChI is InChI=1S/C11H23F2N5OSi/c1-10(2,3)20(5,6)19-7-11(4,14)8-15-17-18(16-8)9(12)13/h9H,7,14H2,1-6H3/t11-/m0/s1. The number of alkyl halides is 2. The Balaban J connectivity index is 2.79. The van der Waals surface area contributed by atoms with Crippen LogP contribution in [-0.4, -0.2) is 35.1 Å². The Bertz CT molecular complexity index is 456. The fraction of sp³-hybridized carbons (Fsp3) is 0.909. The Morgan fingerprint density at radius 3 is 2.25 bits per heavy atom. The van der Waals surface area contributed by atoms with Crippen molar-refractivity contribution in [2.75, 3.05) is 6.61 Å². The minimum atomic E-state index is -2.83. The monoisotopic (exact) mass is 307 g/mol. The first-order valence-electron chi connectivity index (χ1n) is 6.38. The molecule has 9 heteroatoms. The minimum Gasteiger partial charge on any atom is -0.414 e. The molecule has 0 unspecified atom stereocenters. The van der Waals surface area contributed by atoms with Crippen LogP contribution >= 0.6 is 0 Å². The smallest absolute Gasteiger partial charge is 0.350 e. The molecule has 0 saturated carbocycles. The van der Waals surface area contributed by atoms with Gasteiger partial charge in [-0.1, -0.05) is 25.6 Å². The van der Waals surface area contributed by atoms with E-state index in [1.807, 2.05) is 0 Å². The van der Waals surface area contributed by atoms with Crippen LogP contribution in [0.15, 0.2) is 0 Å². The number of rotatable bonds is 5. The number of nitrogens with zero attached hydrogens (tertiary/aromatic N) is 4. The van der Waals surface area contributed by atoms with Crippen LogP contribution in [-0.2, 0) is 9.96 Å². The van der Waals surface area contributed by atoms with E-state index >= 15 is 0 Å². The highest BCUT2D eigenvalue weighted by Crippen LogP contribution is 2.37. The van der Waals surface area contributed by atoms with E-state index in [0.717, 1.165) is 0 Å². The van der Waals surface area contributed by atoms with Crippen molar-refractivity contribution in [1.29, 1.82) is 0 Å². The summed E-state index contributed by atoms with van der Waals surface area (Å²) in [6.07, 6.45) is 0. The van der Waals surface area contributed by atoms with Gasteiger partial charge < -0.3 is 10.2 Å². The Morgan fingerprint density at radius 2 is 1.85 bits per heavy atom. The van der Waals surface area contributed by atoms with Gasteiger partial charge in [-0.3, -0.25) is 0 Å².